The lowest BCUT2D eigenvalue weighted by Crippen LogP contribution is -2.36. The van der Waals surface area contributed by atoms with Crippen molar-refractivity contribution >= 4 is 11.9 Å². The quantitative estimate of drug-likeness (QED) is 0.639. The van der Waals surface area contributed by atoms with Crippen molar-refractivity contribution in [2.24, 2.45) is 10.7 Å². The highest BCUT2D eigenvalue weighted by Gasteiger charge is 2.19. The van der Waals surface area contributed by atoms with Gasteiger partial charge in [-0.2, -0.15) is 0 Å². The van der Waals surface area contributed by atoms with E-state index in [1.807, 2.05) is 30.9 Å². The van der Waals surface area contributed by atoms with E-state index in [4.69, 9.17) is 5.73 Å². The summed E-state index contributed by atoms with van der Waals surface area (Å²) in [6.07, 6.45) is 1.65. The number of guanidine groups is 1. The highest BCUT2D eigenvalue weighted by Crippen LogP contribution is 2.15. The number of carbonyl (C=O) groups is 1. The molecule has 0 unspecified atom stereocenters. The van der Waals surface area contributed by atoms with E-state index >= 15 is 0 Å². The number of carbonyl (C=O) groups excluding carboxylic acids is 1. The van der Waals surface area contributed by atoms with Crippen LogP contribution in [0.5, 0.6) is 0 Å². The van der Waals surface area contributed by atoms with Gasteiger partial charge in [0, 0.05) is 25.6 Å². The van der Waals surface area contributed by atoms with Gasteiger partial charge < -0.3 is 16.0 Å². The summed E-state index contributed by atoms with van der Waals surface area (Å²) in [6, 6.07) is 8.46. The first-order valence-electron chi connectivity index (χ1n) is 7.46. The van der Waals surface area contributed by atoms with Crippen molar-refractivity contribution in [3.8, 4) is 0 Å². The molecule has 1 aromatic rings. The zero-order valence-corrected chi connectivity index (χ0v) is 12.8. The molecule has 1 aliphatic heterocycles. The first-order chi connectivity index (χ1) is 10.0. The highest BCUT2D eigenvalue weighted by atomic mass is 16.2. The highest BCUT2D eigenvalue weighted by molar-refractivity contribution is 5.78. The van der Waals surface area contributed by atoms with Crippen LogP contribution in [0.1, 0.15) is 37.8 Å². The number of benzene rings is 1. The second kappa shape index (κ2) is 7.11. The summed E-state index contributed by atoms with van der Waals surface area (Å²) in [5.74, 6) is 0.717. The monoisotopic (exact) mass is 288 g/mol. The van der Waals surface area contributed by atoms with Crippen LogP contribution in [0.25, 0.3) is 0 Å². The van der Waals surface area contributed by atoms with Gasteiger partial charge in [-0.05, 0) is 31.4 Å². The molecule has 0 radical (unpaired) electrons. The number of nitrogens with one attached hydrogen (secondary N) is 1. The van der Waals surface area contributed by atoms with Crippen molar-refractivity contribution in [3.05, 3.63) is 35.4 Å². The molecule has 1 heterocycles. The summed E-state index contributed by atoms with van der Waals surface area (Å²) in [5, 5.41) is 3.07. The third-order valence-electron chi connectivity index (χ3n) is 3.40. The van der Waals surface area contributed by atoms with Crippen LogP contribution in [0.2, 0.25) is 0 Å². The summed E-state index contributed by atoms with van der Waals surface area (Å²) in [4.78, 5) is 17.9. The van der Waals surface area contributed by atoms with Gasteiger partial charge in [-0.3, -0.25) is 4.79 Å². The average Bonchev–Trinajstić information content (AvgIpc) is 2.82. The average molecular weight is 288 g/mol. The summed E-state index contributed by atoms with van der Waals surface area (Å²) in [6.45, 7) is 6.15. The number of rotatable bonds is 5. The summed E-state index contributed by atoms with van der Waals surface area (Å²) >= 11 is 0. The minimum absolute atomic E-state index is 0.254. The fourth-order valence-corrected chi connectivity index (χ4v) is 2.44. The molecule has 1 aliphatic rings. The summed E-state index contributed by atoms with van der Waals surface area (Å²) in [5.41, 5.74) is 8.05. The van der Waals surface area contributed by atoms with Crippen LogP contribution in [0.3, 0.4) is 0 Å². The Morgan fingerprint density at radius 2 is 2.19 bits per heavy atom. The predicted molar refractivity (Wildman–Crippen MR) is 84.7 cm³/mol. The van der Waals surface area contributed by atoms with E-state index in [0.717, 1.165) is 24.1 Å². The van der Waals surface area contributed by atoms with E-state index in [0.29, 0.717) is 25.5 Å². The van der Waals surface area contributed by atoms with E-state index in [9.17, 15) is 4.79 Å². The molecule has 5 heteroatoms. The number of amides is 1. The normalized spacial score (nSPS) is 15.9. The van der Waals surface area contributed by atoms with Crippen molar-refractivity contribution in [3.63, 3.8) is 0 Å². The zero-order valence-electron chi connectivity index (χ0n) is 12.8. The van der Waals surface area contributed by atoms with Gasteiger partial charge >= 0.3 is 0 Å². The van der Waals surface area contributed by atoms with Gasteiger partial charge in [-0.1, -0.05) is 24.3 Å². The number of nitrogens with two attached hydrogens (primary N) is 1. The topological polar surface area (TPSA) is 70.7 Å². The molecule has 1 saturated heterocycles. The maximum Gasteiger partial charge on any atom is 0.222 e. The van der Waals surface area contributed by atoms with Crippen LogP contribution in [-0.4, -0.2) is 29.4 Å². The van der Waals surface area contributed by atoms with Gasteiger partial charge in [-0.25, -0.2) is 4.99 Å². The molecule has 0 saturated carbocycles. The number of likely N-dealkylation sites (tertiary alicyclic amines) is 1. The molecule has 1 fully saturated rings. The molecule has 0 spiro atoms. The van der Waals surface area contributed by atoms with Gasteiger partial charge in [0.15, 0.2) is 5.96 Å². The minimum atomic E-state index is 0.254. The summed E-state index contributed by atoms with van der Waals surface area (Å²) < 4.78 is 0. The third kappa shape index (κ3) is 4.77. The second-order valence-electron chi connectivity index (χ2n) is 5.74. The van der Waals surface area contributed by atoms with E-state index < -0.39 is 0 Å². The van der Waals surface area contributed by atoms with Gasteiger partial charge in [-0.15, -0.1) is 0 Å². The third-order valence-corrected chi connectivity index (χ3v) is 3.40. The standard InChI is InChI=1S/C16H24N4O/c1-12(2)19-16(17)18-10-13-5-3-6-14(9-13)11-20-8-4-7-15(20)21/h3,5-6,9,12H,4,7-8,10-11H2,1-2H3,(H3,17,18,19). The lowest BCUT2D eigenvalue weighted by Gasteiger charge is -2.16. The van der Waals surface area contributed by atoms with Crippen LogP contribution >= 0.6 is 0 Å². The van der Waals surface area contributed by atoms with Crippen molar-refractivity contribution < 1.29 is 4.79 Å². The molecule has 0 aliphatic carbocycles. The molecular formula is C16H24N4O. The minimum Gasteiger partial charge on any atom is -0.370 e. The van der Waals surface area contributed by atoms with Crippen molar-refractivity contribution in [1.82, 2.24) is 10.2 Å². The Labute approximate surface area is 126 Å². The molecule has 3 N–H and O–H groups in total. The number of aliphatic imine (C=N–C) groups is 1. The largest absolute Gasteiger partial charge is 0.370 e. The fraction of sp³-hybridized carbons (Fsp3) is 0.500. The van der Waals surface area contributed by atoms with Gasteiger partial charge in [0.2, 0.25) is 5.91 Å². The van der Waals surface area contributed by atoms with Crippen molar-refractivity contribution in [2.45, 2.75) is 45.8 Å². The molecule has 1 aromatic carbocycles. The number of hydrogen-bond donors (Lipinski definition) is 2. The smallest absolute Gasteiger partial charge is 0.222 e. The van der Waals surface area contributed by atoms with Crippen LogP contribution in [0, 0.1) is 0 Å². The first-order valence-corrected chi connectivity index (χ1v) is 7.46. The summed E-state index contributed by atoms with van der Waals surface area (Å²) in [7, 11) is 0. The van der Waals surface area contributed by atoms with E-state index in [1.54, 1.807) is 0 Å². The Balaban J connectivity index is 1.96. The van der Waals surface area contributed by atoms with Gasteiger partial charge in [0.25, 0.3) is 0 Å². The van der Waals surface area contributed by atoms with Gasteiger partial charge in [0.05, 0.1) is 6.54 Å². The molecule has 0 aromatic heterocycles. The Hall–Kier alpha value is -2.04. The van der Waals surface area contributed by atoms with E-state index in [2.05, 4.69) is 22.4 Å². The first kappa shape index (κ1) is 15.4. The molecule has 5 nitrogen and oxygen atoms in total. The number of nitrogens with zero attached hydrogens (tertiary/aromatic N) is 2. The van der Waals surface area contributed by atoms with Crippen LogP contribution in [-0.2, 0) is 17.9 Å². The Kier molecular flexibility index (Phi) is 5.20. The predicted octanol–water partition coefficient (Wildman–Crippen LogP) is 1.62. The molecule has 1 amide bonds. The SMILES string of the molecule is CC(C)NC(N)=NCc1cccc(CN2CCCC2=O)c1. The van der Waals surface area contributed by atoms with Crippen LogP contribution in [0.15, 0.2) is 29.3 Å². The molecular weight excluding hydrogens is 264 g/mol. The van der Waals surface area contributed by atoms with Crippen LogP contribution in [0.4, 0.5) is 0 Å². The molecule has 0 bridgehead atoms. The fourth-order valence-electron chi connectivity index (χ4n) is 2.44. The van der Waals surface area contributed by atoms with E-state index in [-0.39, 0.29) is 11.9 Å². The Bertz CT molecular complexity index is 525. The molecule has 21 heavy (non-hydrogen) atoms. The Morgan fingerprint density at radius 3 is 2.86 bits per heavy atom. The lowest BCUT2D eigenvalue weighted by atomic mass is 10.1. The maximum atomic E-state index is 11.7. The van der Waals surface area contributed by atoms with Crippen molar-refractivity contribution in [1.29, 1.82) is 0 Å². The molecule has 2 rings (SSSR count). The molecule has 114 valence electrons. The van der Waals surface area contributed by atoms with E-state index in [1.165, 1.54) is 0 Å². The Morgan fingerprint density at radius 1 is 1.43 bits per heavy atom. The van der Waals surface area contributed by atoms with Crippen molar-refractivity contribution in [2.75, 3.05) is 6.54 Å². The lowest BCUT2D eigenvalue weighted by molar-refractivity contribution is -0.128. The number of hydrogen-bond acceptors (Lipinski definition) is 2. The van der Waals surface area contributed by atoms with Gasteiger partial charge in [0.1, 0.15) is 0 Å². The molecule has 0 atom stereocenters. The van der Waals surface area contributed by atoms with Crippen LogP contribution < -0.4 is 11.1 Å². The zero-order chi connectivity index (χ0) is 15.2. The second-order valence-corrected chi connectivity index (χ2v) is 5.74. The maximum absolute atomic E-state index is 11.7.